The lowest BCUT2D eigenvalue weighted by molar-refractivity contribution is -0.124. The summed E-state index contributed by atoms with van der Waals surface area (Å²) in [4.78, 5) is 12.5. The van der Waals surface area contributed by atoms with Crippen molar-refractivity contribution in [3.8, 4) is 0 Å². The second-order valence-electron chi connectivity index (χ2n) is 19.2. The van der Waals surface area contributed by atoms with Crippen molar-refractivity contribution in [3.63, 3.8) is 0 Å². The van der Waals surface area contributed by atoms with Crippen LogP contribution in [0.25, 0.3) is 0 Å². The van der Waals surface area contributed by atoms with Crippen molar-refractivity contribution in [2.45, 2.75) is 308 Å². The summed E-state index contributed by atoms with van der Waals surface area (Å²) >= 11 is 0. The maximum atomic E-state index is 12.5. The van der Waals surface area contributed by atoms with E-state index in [1.807, 2.05) is 6.08 Å². The van der Waals surface area contributed by atoms with Crippen molar-refractivity contribution >= 4 is 5.91 Å². The van der Waals surface area contributed by atoms with Crippen molar-refractivity contribution in [2.75, 3.05) is 6.61 Å². The van der Waals surface area contributed by atoms with Gasteiger partial charge in [-0.3, -0.25) is 4.79 Å². The fraction of sp³-hybridized carbons (Fsp3) is 0.845. The van der Waals surface area contributed by atoms with E-state index in [1.165, 1.54) is 225 Å². The average molecular weight is 885 g/mol. The molecule has 63 heavy (non-hydrogen) atoms. The Morgan fingerprint density at radius 2 is 0.683 bits per heavy atom. The van der Waals surface area contributed by atoms with Crippen molar-refractivity contribution in [1.82, 2.24) is 5.32 Å². The van der Waals surface area contributed by atoms with Gasteiger partial charge in [0.1, 0.15) is 0 Å². The van der Waals surface area contributed by atoms with Gasteiger partial charge in [0.25, 0.3) is 0 Å². The molecule has 5 heteroatoms. The van der Waals surface area contributed by atoms with E-state index in [0.29, 0.717) is 6.42 Å². The van der Waals surface area contributed by atoms with Crippen LogP contribution < -0.4 is 5.32 Å². The first kappa shape index (κ1) is 61.3. The van der Waals surface area contributed by atoms with Crippen molar-refractivity contribution in [1.29, 1.82) is 0 Å². The minimum atomic E-state index is -0.961. The Morgan fingerprint density at radius 3 is 1.02 bits per heavy atom. The second-order valence-corrected chi connectivity index (χ2v) is 19.2. The summed E-state index contributed by atoms with van der Waals surface area (Å²) < 4.78 is 0. The highest BCUT2D eigenvalue weighted by molar-refractivity contribution is 5.76. The zero-order chi connectivity index (χ0) is 45.8. The average Bonchev–Trinajstić information content (AvgIpc) is 3.28. The minimum absolute atomic E-state index is 0.00274. The molecule has 0 aliphatic carbocycles. The largest absolute Gasteiger partial charge is 0.394 e. The Bertz CT molecular complexity index is 1020. The number of aliphatic hydroxyl groups is 3. The van der Waals surface area contributed by atoms with Crippen LogP contribution in [0.3, 0.4) is 0 Å². The van der Waals surface area contributed by atoms with E-state index < -0.39 is 18.2 Å². The van der Waals surface area contributed by atoms with Crippen LogP contribution >= 0.6 is 0 Å². The molecule has 0 aromatic rings. The molecule has 3 atom stereocenters. The highest BCUT2D eigenvalue weighted by atomic mass is 16.3. The summed E-state index contributed by atoms with van der Waals surface area (Å²) in [6, 6.07) is -0.769. The molecule has 0 heterocycles. The third-order valence-electron chi connectivity index (χ3n) is 12.8. The lowest BCUT2D eigenvalue weighted by atomic mass is 10.0. The van der Waals surface area contributed by atoms with Gasteiger partial charge in [-0.1, -0.05) is 262 Å². The lowest BCUT2D eigenvalue weighted by Gasteiger charge is -2.21. The van der Waals surface area contributed by atoms with Gasteiger partial charge in [0.05, 0.1) is 31.3 Å². The third-order valence-corrected chi connectivity index (χ3v) is 12.8. The summed E-state index contributed by atoms with van der Waals surface area (Å²) in [5.41, 5.74) is 0. The van der Waals surface area contributed by atoms with E-state index in [1.54, 1.807) is 6.08 Å². The van der Waals surface area contributed by atoms with Crippen molar-refractivity contribution in [2.24, 2.45) is 0 Å². The summed E-state index contributed by atoms with van der Waals surface area (Å²) in [5, 5.41) is 33.4. The van der Waals surface area contributed by atoms with E-state index >= 15 is 0 Å². The number of allylic oxidation sites excluding steroid dienone is 7. The summed E-state index contributed by atoms with van der Waals surface area (Å²) in [7, 11) is 0. The van der Waals surface area contributed by atoms with Crippen molar-refractivity contribution in [3.05, 3.63) is 48.6 Å². The number of carbonyl (C=O) groups is 1. The highest BCUT2D eigenvalue weighted by Gasteiger charge is 2.20. The van der Waals surface area contributed by atoms with E-state index in [0.717, 1.165) is 38.5 Å². The predicted molar refractivity (Wildman–Crippen MR) is 277 cm³/mol. The number of hydrogen-bond donors (Lipinski definition) is 4. The first-order valence-corrected chi connectivity index (χ1v) is 27.9. The van der Waals surface area contributed by atoms with E-state index in [2.05, 4.69) is 55.6 Å². The zero-order valence-electron chi connectivity index (χ0n) is 42.2. The second kappa shape index (κ2) is 52.9. The van der Waals surface area contributed by atoms with Crippen LogP contribution in [0.2, 0.25) is 0 Å². The number of unbranched alkanes of at least 4 members (excludes halogenated alkanes) is 36. The normalized spacial score (nSPS) is 13.7. The van der Waals surface area contributed by atoms with Gasteiger partial charge >= 0.3 is 0 Å². The van der Waals surface area contributed by atoms with Gasteiger partial charge in [-0.25, -0.2) is 0 Å². The topological polar surface area (TPSA) is 89.8 Å². The molecule has 370 valence electrons. The smallest absolute Gasteiger partial charge is 0.222 e. The number of amides is 1. The molecule has 0 aromatic heterocycles. The number of hydrogen-bond acceptors (Lipinski definition) is 4. The van der Waals surface area contributed by atoms with Crippen LogP contribution in [-0.2, 0) is 4.79 Å². The molecular weight excluding hydrogens is 775 g/mol. The fourth-order valence-corrected chi connectivity index (χ4v) is 8.55. The van der Waals surface area contributed by atoms with Gasteiger partial charge in [0.15, 0.2) is 0 Å². The summed E-state index contributed by atoms with van der Waals surface area (Å²) in [5.74, 6) is -0.327. The van der Waals surface area contributed by atoms with E-state index in [-0.39, 0.29) is 18.9 Å². The molecule has 5 nitrogen and oxygen atoms in total. The number of nitrogens with one attached hydrogen (secondary N) is 1. The standard InChI is InChI=1S/C58H109NO4/c1-3-5-7-9-11-13-15-17-19-21-23-24-25-26-27-28-29-30-31-32-34-35-37-39-41-43-45-47-49-51-55(61)53-58(63)59-56(54-60)57(62)52-50-48-46-44-42-40-38-36-33-22-20-18-16-14-12-10-8-6-4-2/h26-27,33,36,42,44,50,52,55-57,60-62H,3-25,28-32,34-35,37-41,43,45-49,51,53-54H2,1-2H3,(H,59,63)/b27-26-,36-33+,44-42+,52-50+. The first-order valence-electron chi connectivity index (χ1n) is 27.9. The van der Waals surface area contributed by atoms with Crippen LogP contribution in [-0.4, -0.2) is 46.1 Å². The Kier molecular flexibility index (Phi) is 51.5. The number of carbonyl (C=O) groups excluding carboxylic acids is 1. The quantitative estimate of drug-likeness (QED) is 0.0362. The number of aliphatic hydroxyl groups excluding tert-OH is 3. The Hall–Kier alpha value is -1.69. The lowest BCUT2D eigenvalue weighted by Crippen LogP contribution is -2.45. The molecule has 0 aliphatic heterocycles. The summed E-state index contributed by atoms with van der Waals surface area (Å²) in [6.07, 6.45) is 70.1. The van der Waals surface area contributed by atoms with Gasteiger partial charge in [-0.2, -0.15) is 0 Å². The van der Waals surface area contributed by atoms with Crippen LogP contribution in [0.15, 0.2) is 48.6 Å². The Morgan fingerprint density at radius 1 is 0.397 bits per heavy atom. The van der Waals surface area contributed by atoms with Gasteiger partial charge in [-0.15, -0.1) is 0 Å². The summed E-state index contributed by atoms with van der Waals surface area (Å²) in [6.45, 7) is 4.22. The zero-order valence-corrected chi connectivity index (χ0v) is 42.2. The third kappa shape index (κ3) is 49.6. The molecular formula is C58H109NO4. The monoisotopic (exact) mass is 884 g/mol. The van der Waals surface area contributed by atoms with Crippen molar-refractivity contribution < 1.29 is 20.1 Å². The predicted octanol–water partition coefficient (Wildman–Crippen LogP) is 17.2. The van der Waals surface area contributed by atoms with Crippen LogP contribution in [0.4, 0.5) is 0 Å². The minimum Gasteiger partial charge on any atom is -0.394 e. The van der Waals surface area contributed by atoms with Gasteiger partial charge < -0.3 is 20.6 Å². The highest BCUT2D eigenvalue weighted by Crippen LogP contribution is 2.16. The maximum Gasteiger partial charge on any atom is 0.222 e. The SMILES string of the molecule is CCCCCCCCCCC/C=C/CC/C=C/CC/C=C/C(O)C(CO)NC(=O)CC(O)CCCCCCCCCCCCCCC/C=C\CCCCCCCCCCCCCC. The van der Waals surface area contributed by atoms with E-state index in [9.17, 15) is 20.1 Å². The van der Waals surface area contributed by atoms with Crippen LogP contribution in [0.5, 0.6) is 0 Å². The molecule has 0 aromatic carbocycles. The van der Waals surface area contributed by atoms with E-state index in [4.69, 9.17) is 0 Å². The molecule has 0 spiro atoms. The Labute approximate surface area is 393 Å². The van der Waals surface area contributed by atoms with Crippen LogP contribution in [0.1, 0.15) is 290 Å². The molecule has 1 amide bonds. The maximum absolute atomic E-state index is 12.5. The van der Waals surface area contributed by atoms with Gasteiger partial charge in [0, 0.05) is 0 Å². The number of rotatable bonds is 51. The molecule has 4 N–H and O–H groups in total. The molecule has 0 bridgehead atoms. The fourth-order valence-electron chi connectivity index (χ4n) is 8.55. The molecule has 0 rings (SSSR count). The van der Waals surface area contributed by atoms with Gasteiger partial charge in [-0.05, 0) is 70.6 Å². The Balaban J connectivity index is 3.60. The molecule has 0 aliphatic rings. The van der Waals surface area contributed by atoms with Crippen LogP contribution in [0, 0.1) is 0 Å². The molecule has 3 unspecified atom stereocenters. The first-order chi connectivity index (χ1) is 31.0. The van der Waals surface area contributed by atoms with Gasteiger partial charge in [0.2, 0.25) is 5.91 Å². The molecule has 0 fully saturated rings. The molecule has 0 saturated carbocycles. The molecule has 0 saturated heterocycles. The molecule has 0 radical (unpaired) electrons.